The number of aromatic nitrogens is 4. The Bertz CT molecular complexity index is 825. The number of imidazole rings is 1. The van der Waals surface area contributed by atoms with E-state index in [0.717, 1.165) is 18.9 Å². The van der Waals surface area contributed by atoms with Gasteiger partial charge in [-0.2, -0.15) is 9.97 Å². The number of anilines is 2. The number of hydrogen-bond acceptors (Lipinski definition) is 8. The third kappa shape index (κ3) is 2.44. The van der Waals surface area contributed by atoms with Crippen LogP contribution in [0.3, 0.4) is 0 Å². The predicted molar refractivity (Wildman–Crippen MR) is 87.4 cm³/mol. The van der Waals surface area contributed by atoms with Crippen molar-refractivity contribution in [1.82, 2.24) is 19.5 Å². The molecule has 1 saturated carbocycles. The van der Waals surface area contributed by atoms with Crippen molar-refractivity contribution in [3.05, 3.63) is 19.0 Å². The zero-order valence-electron chi connectivity index (χ0n) is 13.3. The smallest absolute Gasteiger partial charge is 0.224 e. The lowest BCUT2D eigenvalue weighted by Gasteiger charge is -2.25. The molecule has 2 aliphatic rings. The molecule has 134 valence electrons. The van der Waals surface area contributed by atoms with E-state index in [2.05, 4.69) is 26.8 Å². The second-order valence-corrected chi connectivity index (χ2v) is 6.36. The number of rotatable bonds is 5. The molecule has 1 aliphatic carbocycles. The molecule has 0 spiro atoms. The van der Waals surface area contributed by atoms with Crippen LogP contribution < -0.4 is 11.1 Å². The van der Waals surface area contributed by atoms with E-state index in [0.29, 0.717) is 17.4 Å². The second-order valence-electron chi connectivity index (χ2n) is 6.36. The molecular formula is C15H19FN6O3. The van der Waals surface area contributed by atoms with E-state index in [1.165, 1.54) is 10.9 Å². The van der Waals surface area contributed by atoms with Crippen molar-refractivity contribution in [2.75, 3.05) is 17.7 Å². The first-order valence-electron chi connectivity index (χ1n) is 8.01. The summed E-state index contributed by atoms with van der Waals surface area (Å²) in [5.41, 5.74) is 4.17. The Hall–Kier alpha value is -2.30. The summed E-state index contributed by atoms with van der Waals surface area (Å²) in [6.07, 6.45) is 0.446. The van der Waals surface area contributed by atoms with Gasteiger partial charge in [-0.3, -0.25) is 4.57 Å². The topological polar surface area (TPSA) is 131 Å². The van der Waals surface area contributed by atoms with Crippen molar-refractivity contribution in [1.29, 1.82) is 0 Å². The van der Waals surface area contributed by atoms with Gasteiger partial charge in [0.15, 0.2) is 23.2 Å². The van der Waals surface area contributed by atoms with E-state index < -0.39 is 30.7 Å². The fraction of sp³-hybridized carbons (Fsp3) is 0.533. The van der Waals surface area contributed by atoms with Crippen molar-refractivity contribution in [3.63, 3.8) is 0 Å². The van der Waals surface area contributed by atoms with Crippen molar-refractivity contribution in [2.45, 2.75) is 43.0 Å². The summed E-state index contributed by atoms with van der Waals surface area (Å²) in [6, 6.07) is 0.319. The molecule has 1 saturated heterocycles. The maximum absolute atomic E-state index is 15.3. The first kappa shape index (κ1) is 16.2. The van der Waals surface area contributed by atoms with Gasteiger partial charge in [0.2, 0.25) is 11.6 Å². The summed E-state index contributed by atoms with van der Waals surface area (Å²) >= 11 is 0. The second kappa shape index (κ2) is 5.61. The largest absolute Gasteiger partial charge is 0.394 e. The Labute approximate surface area is 142 Å². The van der Waals surface area contributed by atoms with Crippen LogP contribution in [0.5, 0.6) is 0 Å². The molecule has 0 radical (unpaired) electrons. The summed E-state index contributed by atoms with van der Waals surface area (Å²) in [5, 5.41) is 22.7. The van der Waals surface area contributed by atoms with Crippen LogP contribution in [0, 0.1) is 0 Å². The van der Waals surface area contributed by atoms with Crippen LogP contribution >= 0.6 is 0 Å². The molecule has 4 rings (SSSR count). The molecule has 0 unspecified atom stereocenters. The van der Waals surface area contributed by atoms with Crippen LogP contribution in [0.1, 0.15) is 19.1 Å². The van der Waals surface area contributed by atoms with Gasteiger partial charge in [-0.05, 0) is 18.9 Å². The Morgan fingerprint density at radius 3 is 2.92 bits per heavy atom. The molecule has 3 heterocycles. The highest BCUT2D eigenvalue weighted by Crippen LogP contribution is 2.43. The SMILES string of the molecule is C=C[C@@]1(F)[C@H](O)[C@@H](CO)O[C@H]1n1cnc2c(NC3CC3)nc(N)nc21. The van der Waals surface area contributed by atoms with Crippen LogP contribution in [0.4, 0.5) is 16.2 Å². The lowest BCUT2D eigenvalue weighted by molar-refractivity contribution is -0.0515. The monoisotopic (exact) mass is 350 g/mol. The quantitative estimate of drug-likeness (QED) is 0.560. The summed E-state index contributed by atoms with van der Waals surface area (Å²) in [4.78, 5) is 12.6. The van der Waals surface area contributed by atoms with Crippen molar-refractivity contribution in [3.8, 4) is 0 Å². The van der Waals surface area contributed by atoms with Crippen LogP contribution in [0.15, 0.2) is 19.0 Å². The van der Waals surface area contributed by atoms with E-state index >= 15 is 4.39 Å². The normalized spacial score (nSPS) is 32.2. The number of nitrogens with one attached hydrogen (secondary N) is 1. The third-order valence-electron chi connectivity index (χ3n) is 4.59. The first-order valence-corrected chi connectivity index (χ1v) is 8.01. The number of nitrogens with two attached hydrogens (primary N) is 1. The summed E-state index contributed by atoms with van der Waals surface area (Å²) in [5.74, 6) is 0.488. The van der Waals surface area contributed by atoms with Gasteiger partial charge in [0.25, 0.3) is 0 Å². The number of nitrogen functional groups attached to an aromatic ring is 1. The Balaban J connectivity index is 1.81. The van der Waals surface area contributed by atoms with Crippen LogP contribution in [0.25, 0.3) is 11.2 Å². The minimum Gasteiger partial charge on any atom is -0.394 e. The number of hydrogen-bond donors (Lipinski definition) is 4. The predicted octanol–water partition coefficient (Wildman–Crippen LogP) is 0.128. The Morgan fingerprint density at radius 1 is 1.52 bits per heavy atom. The molecule has 0 bridgehead atoms. The maximum Gasteiger partial charge on any atom is 0.224 e. The van der Waals surface area contributed by atoms with E-state index in [9.17, 15) is 10.2 Å². The summed E-state index contributed by atoms with van der Waals surface area (Å²) in [6.45, 7) is 2.92. The maximum atomic E-state index is 15.3. The van der Waals surface area contributed by atoms with E-state index in [-0.39, 0.29) is 11.6 Å². The third-order valence-corrected chi connectivity index (χ3v) is 4.59. The average molecular weight is 350 g/mol. The van der Waals surface area contributed by atoms with Gasteiger partial charge in [0.05, 0.1) is 12.9 Å². The van der Waals surface area contributed by atoms with Crippen LogP contribution in [-0.2, 0) is 4.74 Å². The standard InChI is InChI=1S/C15H19FN6O3/c1-2-15(16)10(24)8(5-23)25-13(15)22-6-18-9-11(19-7-3-4-7)20-14(17)21-12(9)22/h2,6-8,10,13,23-24H,1,3-5H2,(H3,17,19,20,21)/t8-,10-,13-,15-/m1/s1. The lowest BCUT2D eigenvalue weighted by atomic mass is 9.96. The Morgan fingerprint density at radius 2 is 2.28 bits per heavy atom. The molecule has 2 aromatic rings. The summed E-state index contributed by atoms with van der Waals surface area (Å²) in [7, 11) is 0. The number of aliphatic hydroxyl groups is 2. The van der Waals surface area contributed by atoms with Crippen LogP contribution in [0.2, 0.25) is 0 Å². The zero-order chi connectivity index (χ0) is 17.8. The Kier molecular flexibility index (Phi) is 3.63. The van der Waals surface area contributed by atoms with Gasteiger partial charge < -0.3 is 26.0 Å². The molecule has 0 amide bonds. The van der Waals surface area contributed by atoms with Gasteiger partial charge in [-0.1, -0.05) is 6.58 Å². The number of halogens is 1. The first-order chi connectivity index (χ1) is 12.0. The fourth-order valence-electron chi connectivity index (χ4n) is 3.05. The molecule has 2 fully saturated rings. The summed E-state index contributed by atoms with van der Waals surface area (Å²) < 4.78 is 22.2. The number of aliphatic hydroxyl groups excluding tert-OH is 2. The number of nitrogens with zero attached hydrogens (tertiary/aromatic N) is 4. The van der Waals surface area contributed by atoms with Crippen molar-refractivity contribution < 1.29 is 19.3 Å². The van der Waals surface area contributed by atoms with Gasteiger partial charge in [-0.15, -0.1) is 0 Å². The molecule has 1 aliphatic heterocycles. The molecule has 5 N–H and O–H groups in total. The van der Waals surface area contributed by atoms with Gasteiger partial charge in [0.1, 0.15) is 12.2 Å². The van der Waals surface area contributed by atoms with Crippen LogP contribution in [-0.4, -0.2) is 60.3 Å². The molecule has 9 nitrogen and oxygen atoms in total. The minimum absolute atomic E-state index is 0.0118. The highest BCUT2D eigenvalue weighted by molar-refractivity contribution is 5.84. The van der Waals surface area contributed by atoms with E-state index in [1.54, 1.807) is 0 Å². The molecular weight excluding hydrogens is 331 g/mol. The molecule has 25 heavy (non-hydrogen) atoms. The van der Waals surface area contributed by atoms with E-state index in [1.807, 2.05) is 0 Å². The van der Waals surface area contributed by atoms with Crippen molar-refractivity contribution in [2.24, 2.45) is 0 Å². The molecule has 2 aromatic heterocycles. The minimum atomic E-state index is -2.31. The van der Waals surface area contributed by atoms with E-state index in [4.69, 9.17) is 10.5 Å². The highest BCUT2D eigenvalue weighted by Gasteiger charge is 2.56. The van der Waals surface area contributed by atoms with Gasteiger partial charge in [-0.25, -0.2) is 9.37 Å². The van der Waals surface area contributed by atoms with Gasteiger partial charge >= 0.3 is 0 Å². The fourth-order valence-corrected chi connectivity index (χ4v) is 3.05. The highest BCUT2D eigenvalue weighted by atomic mass is 19.1. The number of alkyl halides is 1. The lowest BCUT2D eigenvalue weighted by Crippen LogP contribution is -2.41. The molecule has 0 aromatic carbocycles. The number of ether oxygens (including phenoxy) is 1. The van der Waals surface area contributed by atoms with Gasteiger partial charge in [0, 0.05) is 6.04 Å². The van der Waals surface area contributed by atoms with Crippen molar-refractivity contribution >= 4 is 22.9 Å². The average Bonchev–Trinajstić information content (AvgIpc) is 3.26. The molecule has 10 heteroatoms. The zero-order valence-corrected chi connectivity index (χ0v) is 13.3. The molecule has 4 atom stereocenters. The number of fused-ring (bicyclic) bond motifs is 1.